The van der Waals surface area contributed by atoms with E-state index in [0.717, 1.165) is 57.6 Å². The van der Waals surface area contributed by atoms with Gasteiger partial charge in [-0.25, -0.2) is 0 Å². The summed E-state index contributed by atoms with van der Waals surface area (Å²) in [6.45, 7) is 6.92. The molecule has 3 aliphatic rings. The zero-order valence-corrected chi connectivity index (χ0v) is 18.5. The van der Waals surface area contributed by atoms with Gasteiger partial charge in [0.1, 0.15) is 0 Å². The SMILES string of the molecule is CCOC(=O)[C@@]12CC[C@@H](N3CCOCC3)C[C@H]1CCN(C(=O)/C=C/c1ccccc1)C2. The fraction of sp³-hybridized carbons (Fsp3) is 0.600. The second-order valence-electron chi connectivity index (χ2n) is 8.94. The summed E-state index contributed by atoms with van der Waals surface area (Å²) >= 11 is 0. The number of nitrogens with zero attached hydrogens (tertiary/aromatic N) is 2. The third-order valence-electron chi connectivity index (χ3n) is 7.26. The van der Waals surface area contributed by atoms with Gasteiger partial charge in [0.15, 0.2) is 0 Å². The third kappa shape index (κ3) is 4.85. The van der Waals surface area contributed by atoms with Crippen LogP contribution in [-0.2, 0) is 19.1 Å². The fourth-order valence-corrected chi connectivity index (χ4v) is 5.54. The van der Waals surface area contributed by atoms with Crippen LogP contribution in [0.15, 0.2) is 36.4 Å². The highest BCUT2D eigenvalue weighted by Crippen LogP contribution is 2.48. The van der Waals surface area contributed by atoms with Crippen LogP contribution >= 0.6 is 0 Å². The van der Waals surface area contributed by atoms with Gasteiger partial charge in [0.2, 0.25) is 5.91 Å². The van der Waals surface area contributed by atoms with E-state index in [4.69, 9.17) is 9.47 Å². The number of hydrogen-bond acceptors (Lipinski definition) is 5. The highest BCUT2D eigenvalue weighted by atomic mass is 16.5. The summed E-state index contributed by atoms with van der Waals surface area (Å²) in [4.78, 5) is 30.5. The zero-order valence-electron chi connectivity index (χ0n) is 18.5. The maximum absolute atomic E-state index is 13.2. The second kappa shape index (κ2) is 9.96. The van der Waals surface area contributed by atoms with Crippen molar-refractivity contribution >= 4 is 18.0 Å². The minimum absolute atomic E-state index is 0.0266. The molecule has 1 aromatic carbocycles. The normalized spacial score (nSPS) is 29.5. The predicted octanol–water partition coefficient (Wildman–Crippen LogP) is 2.98. The van der Waals surface area contributed by atoms with Crippen LogP contribution in [0.1, 0.15) is 38.2 Å². The molecular formula is C25H34N2O4. The number of rotatable bonds is 5. The summed E-state index contributed by atoms with van der Waals surface area (Å²) < 4.78 is 11.1. The van der Waals surface area contributed by atoms with E-state index in [1.807, 2.05) is 48.2 Å². The molecule has 2 saturated heterocycles. The van der Waals surface area contributed by atoms with Gasteiger partial charge in [-0.15, -0.1) is 0 Å². The molecule has 6 heteroatoms. The number of benzene rings is 1. The highest BCUT2D eigenvalue weighted by molar-refractivity contribution is 5.92. The molecule has 2 heterocycles. The Bertz CT molecular complexity index is 790. The Labute approximate surface area is 185 Å². The van der Waals surface area contributed by atoms with E-state index in [1.165, 1.54) is 0 Å². The van der Waals surface area contributed by atoms with Crippen LogP contribution in [0.5, 0.6) is 0 Å². The molecule has 0 spiro atoms. The van der Waals surface area contributed by atoms with E-state index in [2.05, 4.69) is 4.90 Å². The fourth-order valence-electron chi connectivity index (χ4n) is 5.54. The Morgan fingerprint density at radius 3 is 2.68 bits per heavy atom. The molecule has 0 bridgehead atoms. The van der Waals surface area contributed by atoms with E-state index in [1.54, 1.807) is 6.08 Å². The maximum Gasteiger partial charge on any atom is 0.314 e. The van der Waals surface area contributed by atoms with E-state index in [0.29, 0.717) is 25.7 Å². The summed E-state index contributed by atoms with van der Waals surface area (Å²) in [5.41, 5.74) is 0.421. The number of carbonyl (C=O) groups is 2. The van der Waals surface area contributed by atoms with E-state index in [-0.39, 0.29) is 17.8 Å². The predicted molar refractivity (Wildman–Crippen MR) is 119 cm³/mol. The molecule has 0 N–H and O–H groups in total. The second-order valence-corrected chi connectivity index (χ2v) is 8.94. The minimum Gasteiger partial charge on any atom is -0.466 e. The number of fused-ring (bicyclic) bond motifs is 1. The van der Waals surface area contributed by atoms with Gasteiger partial charge in [-0.2, -0.15) is 0 Å². The van der Waals surface area contributed by atoms with Gasteiger partial charge in [0.25, 0.3) is 0 Å². The highest BCUT2D eigenvalue weighted by Gasteiger charge is 2.54. The number of amides is 1. The van der Waals surface area contributed by atoms with E-state index < -0.39 is 5.41 Å². The lowest BCUT2D eigenvalue weighted by atomic mass is 9.61. The molecule has 0 aromatic heterocycles. The molecule has 0 radical (unpaired) electrons. The quantitative estimate of drug-likeness (QED) is 0.535. The molecule has 1 amide bonds. The number of hydrogen-bond donors (Lipinski definition) is 0. The van der Waals surface area contributed by atoms with E-state index in [9.17, 15) is 9.59 Å². The van der Waals surface area contributed by atoms with Crippen molar-refractivity contribution < 1.29 is 19.1 Å². The Kier molecular flexibility index (Phi) is 7.08. The van der Waals surface area contributed by atoms with Crippen LogP contribution in [0, 0.1) is 11.3 Å². The van der Waals surface area contributed by atoms with Crippen LogP contribution in [0.4, 0.5) is 0 Å². The molecule has 31 heavy (non-hydrogen) atoms. The third-order valence-corrected chi connectivity index (χ3v) is 7.26. The van der Waals surface area contributed by atoms with Crippen LogP contribution in [0.3, 0.4) is 0 Å². The smallest absolute Gasteiger partial charge is 0.314 e. The summed E-state index contributed by atoms with van der Waals surface area (Å²) in [6.07, 6.45) is 7.09. The van der Waals surface area contributed by atoms with Crippen molar-refractivity contribution in [3.63, 3.8) is 0 Å². The van der Waals surface area contributed by atoms with Gasteiger partial charge in [-0.1, -0.05) is 30.3 Å². The number of likely N-dealkylation sites (tertiary alicyclic amines) is 1. The Morgan fingerprint density at radius 2 is 1.94 bits per heavy atom. The molecule has 1 aliphatic carbocycles. The molecule has 1 aromatic rings. The topological polar surface area (TPSA) is 59.1 Å². The first-order valence-electron chi connectivity index (χ1n) is 11.6. The number of carbonyl (C=O) groups excluding carboxylic acids is 2. The van der Waals surface area contributed by atoms with Gasteiger partial charge in [0.05, 0.1) is 25.2 Å². The molecule has 6 nitrogen and oxygen atoms in total. The minimum atomic E-state index is -0.576. The standard InChI is InChI=1S/C25H34N2O4/c1-2-31-24(29)25-12-10-22(26-14-16-30-17-15-26)18-21(25)11-13-27(19-25)23(28)9-8-20-6-4-3-5-7-20/h3-9,21-22H,2,10-19H2,1H3/b9-8+/t21-,22-,25-/m1/s1. The van der Waals surface area contributed by atoms with Crippen molar-refractivity contribution in [2.24, 2.45) is 11.3 Å². The van der Waals surface area contributed by atoms with Crippen molar-refractivity contribution in [2.45, 2.75) is 38.6 Å². The van der Waals surface area contributed by atoms with Gasteiger partial charge in [-0.05, 0) is 50.2 Å². The van der Waals surface area contributed by atoms with Gasteiger partial charge in [0, 0.05) is 38.3 Å². The lowest BCUT2D eigenvalue weighted by Gasteiger charge is -2.52. The molecule has 3 atom stereocenters. The number of morpholine rings is 1. The van der Waals surface area contributed by atoms with Crippen LogP contribution in [0.2, 0.25) is 0 Å². The first-order chi connectivity index (χ1) is 15.1. The Balaban J connectivity index is 1.47. The number of esters is 1. The largest absolute Gasteiger partial charge is 0.466 e. The molecule has 168 valence electrons. The van der Waals surface area contributed by atoms with Crippen LogP contribution in [-0.4, -0.2) is 73.7 Å². The van der Waals surface area contributed by atoms with Crippen molar-refractivity contribution in [2.75, 3.05) is 46.0 Å². The summed E-state index contributed by atoms with van der Waals surface area (Å²) in [6, 6.07) is 10.3. The molecule has 3 fully saturated rings. The van der Waals surface area contributed by atoms with Gasteiger partial charge >= 0.3 is 5.97 Å². The molecule has 4 rings (SSSR count). The molecule has 0 unspecified atom stereocenters. The summed E-state index contributed by atoms with van der Waals surface area (Å²) in [5, 5.41) is 0. The van der Waals surface area contributed by atoms with Crippen molar-refractivity contribution in [1.29, 1.82) is 0 Å². The first-order valence-corrected chi connectivity index (χ1v) is 11.6. The van der Waals surface area contributed by atoms with Gasteiger partial charge < -0.3 is 14.4 Å². The number of piperidine rings is 1. The molecule has 2 aliphatic heterocycles. The summed E-state index contributed by atoms with van der Waals surface area (Å²) in [5.74, 6) is 0.113. The van der Waals surface area contributed by atoms with E-state index >= 15 is 0 Å². The molecule has 1 saturated carbocycles. The van der Waals surface area contributed by atoms with Crippen LogP contribution < -0.4 is 0 Å². The van der Waals surface area contributed by atoms with Crippen LogP contribution in [0.25, 0.3) is 6.08 Å². The number of ether oxygens (including phenoxy) is 2. The monoisotopic (exact) mass is 426 g/mol. The lowest BCUT2D eigenvalue weighted by Crippen LogP contribution is -2.59. The van der Waals surface area contributed by atoms with Crippen molar-refractivity contribution in [3.05, 3.63) is 42.0 Å². The van der Waals surface area contributed by atoms with Crippen molar-refractivity contribution in [1.82, 2.24) is 9.80 Å². The van der Waals surface area contributed by atoms with Gasteiger partial charge in [-0.3, -0.25) is 14.5 Å². The average Bonchev–Trinajstić information content (AvgIpc) is 2.83. The zero-order chi connectivity index (χ0) is 21.7. The first kappa shape index (κ1) is 22.0. The molecular weight excluding hydrogens is 392 g/mol. The summed E-state index contributed by atoms with van der Waals surface area (Å²) in [7, 11) is 0. The average molecular weight is 427 g/mol. The lowest BCUT2D eigenvalue weighted by molar-refractivity contribution is -0.171. The van der Waals surface area contributed by atoms with Crippen molar-refractivity contribution in [3.8, 4) is 0 Å². The Hall–Kier alpha value is -2.18. The maximum atomic E-state index is 13.2. The Morgan fingerprint density at radius 1 is 1.16 bits per heavy atom.